The van der Waals surface area contributed by atoms with Crippen LogP contribution in [0.25, 0.3) is 0 Å². The summed E-state index contributed by atoms with van der Waals surface area (Å²) in [5, 5.41) is 6.93. The monoisotopic (exact) mass is 372 g/mol. The lowest BCUT2D eigenvalue weighted by molar-refractivity contribution is 0.0372. The Morgan fingerprint density at radius 1 is 1.11 bits per heavy atom. The van der Waals surface area contributed by atoms with Gasteiger partial charge in [-0.25, -0.2) is 0 Å². The standard InChI is InChI=1S/C22H36N4O/c1-2-23-21(24-13-6-7-14-26-15-17-27-18-16-26)25-19-22(11-8-12-22)20-9-4-3-5-10-20/h3-5,9-10H,2,6-8,11-19H2,1H3,(H2,23,24,25). The van der Waals surface area contributed by atoms with Crippen LogP contribution >= 0.6 is 0 Å². The Labute approximate surface area is 164 Å². The number of hydrogen-bond donors (Lipinski definition) is 2. The molecule has 1 aliphatic carbocycles. The highest BCUT2D eigenvalue weighted by Crippen LogP contribution is 2.43. The average Bonchev–Trinajstić information content (AvgIpc) is 2.68. The second-order valence-corrected chi connectivity index (χ2v) is 7.78. The van der Waals surface area contributed by atoms with Crippen molar-refractivity contribution in [2.24, 2.45) is 4.99 Å². The Kier molecular flexibility index (Phi) is 7.96. The minimum atomic E-state index is 0.250. The van der Waals surface area contributed by atoms with E-state index in [4.69, 9.17) is 9.73 Å². The minimum absolute atomic E-state index is 0.250. The van der Waals surface area contributed by atoms with Crippen molar-refractivity contribution in [2.75, 3.05) is 52.5 Å². The van der Waals surface area contributed by atoms with Gasteiger partial charge in [0.05, 0.1) is 19.8 Å². The second kappa shape index (κ2) is 10.7. The van der Waals surface area contributed by atoms with Gasteiger partial charge in [0, 0.05) is 31.6 Å². The molecule has 1 saturated heterocycles. The fourth-order valence-electron chi connectivity index (χ4n) is 4.00. The van der Waals surface area contributed by atoms with Gasteiger partial charge in [0.25, 0.3) is 0 Å². The van der Waals surface area contributed by atoms with Crippen molar-refractivity contribution in [1.29, 1.82) is 0 Å². The number of benzene rings is 1. The number of hydrogen-bond acceptors (Lipinski definition) is 3. The Bertz CT molecular complexity index is 565. The third-order valence-electron chi connectivity index (χ3n) is 5.88. The number of ether oxygens (including phenoxy) is 1. The Morgan fingerprint density at radius 2 is 1.89 bits per heavy atom. The largest absolute Gasteiger partial charge is 0.379 e. The number of aliphatic imine (C=N–C) groups is 1. The third-order valence-corrected chi connectivity index (χ3v) is 5.88. The lowest BCUT2D eigenvalue weighted by atomic mass is 9.64. The van der Waals surface area contributed by atoms with Crippen LogP contribution in [0.15, 0.2) is 35.3 Å². The molecule has 0 atom stereocenters. The van der Waals surface area contributed by atoms with E-state index in [2.05, 4.69) is 52.8 Å². The summed E-state index contributed by atoms with van der Waals surface area (Å²) >= 11 is 0. The van der Waals surface area contributed by atoms with E-state index >= 15 is 0 Å². The van der Waals surface area contributed by atoms with Gasteiger partial charge in [0.1, 0.15) is 0 Å². The molecular formula is C22H36N4O. The first-order valence-electron chi connectivity index (χ1n) is 10.7. The van der Waals surface area contributed by atoms with E-state index in [0.717, 1.165) is 51.9 Å². The molecule has 27 heavy (non-hydrogen) atoms. The molecule has 0 unspecified atom stereocenters. The maximum absolute atomic E-state index is 5.41. The normalized spacial score (nSPS) is 20.1. The van der Waals surface area contributed by atoms with Gasteiger partial charge in [-0.05, 0) is 44.7 Å². The summed E-state index contributed by atoms with van der Waals surface area (Å²) in [5.74, 6) is 0.964. The molecule has 0 radical (unpaired) electrons. The summed E-state index contributed by atoms with van der Waals surface area (Å²) < 4.78 is 5.41. The van der Waals surface area contributed by atoms with Crippen molar-refractivity contribution in [3.8, 4) is 0 Å². The van der Waals surface area contributed by atoms with Crippen molar-refractivity contribution < 1.29 is 4.74 Å². The van der Waals surface area contributed by atoms with E-state index in [9.17, 15) is 0 Å². The number of nitrogens with zero attached hydrogens (tertiary/aromatic N) is 2. The zero-order chi connectivity index (χ0) is 18.8. The summed E-state index contributed by atoms with van der Waals surface area (Å²) in [4.78, 5) is 7.44. The fourth-order valence-corrected chi connectivity index (χ4v) is 4.00. The maximum atomic E-state index is 5.41. The molecule has 5 heteroatoms. The molecule has 1 heterocycles. The topological polar surface area (TPSA) is 48.9 Å². The summed E-state index contributed by atoms with van der Waals surface area (Å²) in [7, 11) is 0. The van der Waals surface area contributed by atoms with Gasteiger partial charge in [0.15, 0.2) is 5.96 Å². The summed E-state index contributed by atoms with van der Waals surface area (Å²) in [5.41, 5.74) is 1.70. The van der Waals surface area contributed by atoms with E-state index < -0.39 is 0 Å². The highest BCUT2D eigenvalue weighted by molar-refractivity contribution is 5.79. The van der Waals surface area contributed by atoms with Crippen molar-refractivity contribution >= 4 is 5.96 Å². The maximum Gasteiger partial charge on any atom is 0.191 e. The first-order valence-corrected chi connectivity index (χ1v) is 10.7. The van der Waals surface area contributed by atoms with E-state index in [1.54, 1.807) is 0 Å². The van der Waals surface area contributed by atoms with E-state index in [-0.39, 0.29) is 5.41 Å². The van der Waals surface area contributed by atoms with Crippen LogP contribution in [0.5, 0.6) is 0 Å². The molecule has 2 N–H and O–H groups in total. The van der Waals surface area contributed by atoms with Gasteiger partial charge >= 0.3 is 0 Å². The smallest absolute Gasteiger partial charge is 0.191 e. The van der Waals surface area contributed by atoms with Gasteiger partial charge in [-0.2, -0.15) is 0 Å². The lowest BCUT2D eigenvalue weighted by Crippen LogP contribution is -2.42. The minimum Gasteiger partial charge on any atom is -0.379 e. The highest BCUT2D eigenvalue weighted by atomic mass is 16.5. The second-order valence-electron chi connectivity index (χ2n) is 7.78. The Balaban J connectivity index is 1.43. The Hall–Kier alpha value is -1.59. The first-order chi connectivity index (χ1) is 13.3. The lowest BCUT2D eigenvalue weighted by Gasteiger charge is -2.41. The number of nitrogens with one attached hydrogen (secondary N) is 2. The van der Waals surface area contributed by atoms with Crippen LogP contribution in [0, 0.1) is 0 Å². The van der Waals surface area contributed by atoms with E-state index in [1.807, 2.05) is 0 Å². The zero-order valence-corrected chi connectivity index (χ0v) is 16.9. The van der Waals surface area contributed by atoms with Crippen LogP contribution in [0.4, 0.5) is 0 Å². The molecule has 150 valence electrons. The van der Waals surface area contributed by atoms with Crippen molar-refractivity contribution in [3.63, 3.8) is 0 Å². The van der Waals surface area contributed by atoms with Gasteiger partial charge in [-0.1, -0.05) is 36.8 Å². The van der Waals surface area contributed by atoms with Crippen LogP contribution in [0.2, 0.25) is 0 Å². The zero-order valence-electron chi connectivity index (χ0n) is 16.9. The molecule has 1 aliphatic heterocycles. The molecule has 3 rings (SSSR count). The van der Waals surface area contributed by atoms with Crippen LogP contribution in [0.1, 0.15) is 44.6 Å². The van der Waals surface area contributed by atoms with Gasteiger partial charge < -0.3 is 15.4 Å². The highest BCUT2D eigenvalue weighted by Gasteiger charge is 2.38. The average molecular weight is 373 g/mol. The van der Waals surface area contributed by atoms with Crippen LogP contribution in [0.3, 0.4) is 0 Å². The first kappa shape index (κ1) is 20.2. The van der Waals surface area contributed by atoms with Crippen molar-refractivity contribution in [3.05, 3.63) is 35.9 Å². The molecule has 2 aliphatic rings. The van der Waals surface area contributed by atoms with E-state index in [0.29, 0.717) is 0 Å². The molecule has 2 fully saturated rings. The van der Waals surface area contributed by atoms with Crippen LogP contribution in [-0.2, 0) is 10.2 Å². The van der Waals surface area contributed by atoms with Gasteiger partial charge in [0.2, 0.25) is 0 Å². The molecule has 1 aromatic carbocycles. The molecule has 1 saturated carbocycles. The molecule has 5 nitrogen and oxygen atoms in total. The molecule has 0 spiro atoms. The number of rotatable bonds is 9. The summed E-state index contributed by atoms with van der Waals surface area (Å²) in [6.07, 6.45) is 6.21. The number of guanidine groups is 1. The van der Waals surface area contributed by atoms with Crippen molar-refractivity contribution in [2.45, 2.75) is 44.4 Å². The van der Waals surface area contributed by atoms with Crippen molar-refractivity contribution in [1.82, 2.24) is 15.5 Å². The van der Waals surface area contributed by atoms with Crippen LogP contribution in [-0.4, -0.2) is 63.3 Å². The SMILES string of the molecule is CCNC(=NCC1(c2ccccc2)CCC1)NCCCCN1CCOCC1. The predicted molar refractivity (Wildman–Crippen MR) is 112 cm³/mol. The van der Waals surface area contributed by atoms with Gasteiger partial charge in [-0.15, -0.1) is 0 Å². The van der Waals surface area contributed by atoms with E-state index in [1.165, 1.54) is 44.2 Å². The third kappa shape index (κ3) is 5.94. The molecule has 0 aromatic heterocycles. The Morgan fingerprint density at radius 3 is 2.56 bits per heavy atom. The predicted octanol–water partition coefficient (Wildman–Crippen LogP) is 2.78. The molecular weight excluding hydrogens is 336 g/mol. The quantitative estimate of drug-likeness (QED) is 0.398. The molecule has 1 aromatic rings. The van der Waals surface area contributed by atoms with Crippen LogP contribution < -0.4 is 10.6 Å². The summed E-state index contributed by atoms with van der Waals surface area (Å²) in [6, 6.07) is 10.9. The summed E-state index contributed by atoms with van der Waals surface area (Å²) in [6.45, 7) is 10.0. The fraction of sp³-hybridized carbons (Fsp3) is 0.682. The molecule has 0 bridgehead atoms. The molecule has 0 amide bonds. The number of unbranched alkanes of at least 4 members (excludes halogenated alkanes) is 1. The van der Waals surface area contributed by atoms with Gasteiger partial charge in [-0.3, -0.25) is 9.89 Å². The number of morpholine rings is 1.